The Balaban J connectivity index is 3.05. The fourth-order valence-electron chi connectivity index (χ4n) is 1.28. The van der Waals surface area contributed by atoms with Gasteiger partial charge in [0.2, 0.25) is 0 Å². The van der Waals surface area contributed by atoms with Crippen LogP contribution in [0.1, 0.15) is 36.8 Å². The van der Waals surface area contributed by atoms with Crippen LogP contribution in [0.15, 0.2) is 24.8 Å². The summed E-state index contributed by atoms with van der Waals surface area (Å²) in [6, 6.07) is 3.33. The zero-order valence-electron chi connectivity index (χ0n) is 10.4. The number of halogens is 1. The Morgan fingerprint density at radius 2 is 2.18 bits per heavy atom. The number of pyridine rings is 1. The number of aromatic nitrogens is 1. The highest BCUT2D eigenvalue weighted by Crippen LogP contribution is 2.23. The number of carbonyl (C=O) groups excluding carboxylic acids is 1. The van der Waals surface area contributed by atoms with Crippen molar-refractivity contribution >= 4 is 17.5 Å². The summed E-state index contributed by atoms with van der Waals surface area (Å²) in [4.78, 5) is 16.0. The molecule has 0 aromatic carbocycles. The maximum Gasteiger partial charge on any atom is 0.251 e. The molecule has 0 bridgehead atoms. The number of rotatable bonds is 3. The lowest BCUT2D eigenvalue weighted by Gasteiger charge is -2.18. The summed E-state index contributed by atoms with van der Waals surface area (Å²) in [6.07, 6.45) is 1.63. The fourth-order valence-corrected chi connectivity index (χ4v) is 1.49. The standard InChI is InChI=1S/C13H17ClN2O/c1-5-6-15-12(17)9-7-10(13(2,3)4)16-11(14)8-9/h5,7-8H,1,6H2,2-4H3,(H,15,17). The monoisotopic (exact) mass is 252 g/mol. The summed E-state index contributed by atoms with van der Waals surface area (Å²) in [6.45, 7) is 10.1. The Bertz CT molecular complexity index is 436. The highest BCUT2D eigenvalue weighted by atomic mass is 35.5. The van der Waals surface area contributed by atoms with Crippen LogP contribution < -0.4 is 5.32 Å². The van der Waals surface area contributed by atoms with E-state index >= 15 is 0 Å². The van der Waals surface area contributed by atoms with Gasteiger partial charge >= 0.3 is 0 Å². The van der Waals surface area contributed by atoms with E-state index in [1.165, 1.54) is 0 Å². The van der Waals surface area contributed by atoms with Gasteiger partial charge < -0.3 is 5.32 Å². The molecule has 4 heteroatoms. The molecule has 1 heterocycles. The first-order chi connectivity index (χ1) is 7.84. The molecule has 0 radical (unpaired) electrons. The van der Waals surface area contributed by atoms with Gasteiger partial charge in [-0.15, -0.1) is 6.58 Å². The van der Waals surface area contributed by atoms with Gasteiger partial charge in [-0.05, 0) is 12.1 Å². The van der Waals surface area contributed by atoms with Gasteiger partial charge in [-0.3, -0.25) is 4.79 Å². The molecular formula is C13H17ClN2O. The minimum Gasteiger partial charge on any atom is -0.349 e. The molecule has 0 aliphatic heterocycles. The minimum atomic E-state index is -0.167. The molecule has 1 aromatic heterocycles. The van der Waals surface area contributed by atoms with Gasteiger partial charge in [0, 0.05) is 23.2 Å². The summed E-state index contributed by atoms with van der Waals surface area (Å²) in [5.74, 6) is -0.167. The Morgan fingerprint density at radius 3 is 2.71 bits per heavy atom. The fraction of sp³-hybridized carbons (Fsp3) is 0.385. The van der Waals surface area contributed by atoms with Crippen LogP contribution in [0.5, 0.6) is 0 Å². The molecule has 92 valence electrons. The number of amides is 1. The second kappa shape index (κ2) is 5.32. The largest absolute Gasteiger partial charge is 0.349 e. The van der Waals surface area contributed by atoms with E-state index in [-0.39, 0.29) is 11.3 Å². The summed E-state index contributed by atoms with van der Waals surface area (Å²) >= 11 is 5.92. The van der Waals surface area contributed by atoms with Crippen molar-refractivity contribution in [2.45, 2.75) is 26.2 Å². The molecule has 1 amide bonds. The molecule has 1 aromatic rings. The van der Waals surface area contributed by atoms with Gasteiger partial charge in [-0.25, -0.2) is 4.98 Å². The topological polar surface area (TPSA) is 42.0 Å². The van der Waals surface area contributed by atoms with Crippen LogP contribution >= 0.6 is 11.6 Å². The third-order valence-electron chi connectivity index (χ3n) is 2.23. The molecule has 0 aliphatic rings. The predicted octanol–water partition coefficient (Wildman–Crippen LogP) is 2.95. The second-order valence-electron chi connectivity index (χ2n) is 4.81. The van der Waals surface area contributed by atoms with E-state index in [9.17, 15) is 4.79 Å². The van der Waals surface area contributed by atoms with E-state index in [0.29, 0.717) is 17.3 Å². The van der Waals surface area contributed by atoms with Crippen LogP contribution in [-0.2, 0) is 5.41 Å². The van der Waals surface area contributed by atoms with Gasteiger partial charge in [0.15, 0.2) is 0 Å². The van der Waals surface area contributed by atoms with E-state index in [1.807, 2.05) is 20.8 Å². The van der Waals surface area contributed by atoms with Crippen LogP contribution in [0.3, 0.4) is 0 Å². The molecule has 3 nitrogen and oxygen atoms in total. The lowest BCUT2D eigenvalue weighted by atomic mass is 9.91. The normalized spacial score (nSPS) is 11.1. The Labute approximate surface area is 107 Å². The molecular weight excluding hydrogens is 236 g/mol. The number of hydrogen-bond donors (Lipinski definition) is 1. The molecule has 0 aliphatic carbocycles. The first kappa shape index (κ1) is 13.7. The number of nitrogens with one attached hydrogen (secondary N) is 1. The van der Waals surface area contributed by atoms with Crippen molar-refractivity contribution in [3.8, 4) is 0 Å². The molecule has 0 atom stereocenters. The van der Waals surface area contributed by atoms with E-state index in [1.54, 1.807) is 18.2 Å². The third-order valence-corrected chi connectivity index (χ3v) is 2.43. The van der Waals surface area contributed by atoms with Crippen LogP contribution in [0.2, 0.25) is 5.15 Å². The first-order valence-corrected chi connectivity index (χ1v) is 5.79. The van der Waals surface area contributed by atoms with Gasteiger partial charge in [-0.2, -0.15) is 0 Å². The quantitative estimate of drug-likeness (QED) is 0.664. The van der Waals surface area contributed by atoms with Crippen molar-refractivity contribution in [2.75, 3.05) is 6.54 Å². The molecule has 1 N–H and O–H groups in total. The van der Waals surface area contributed by atoms with Crippen molar-refractivity contribution < 1.29 is 4.79 Å². The van der Waals surface area contributed by atoms with Gasteiger partial charge in [0.25, 0.3) is 5.91 Å². The second-order valence-corrected chi connectivity index (χ2v) is 5.20. The van der Waals surface area contributed by atoms with Crippen molar-refractivity contribution in [2.24, 2.45) is 0 Å². The van der Waals surface area contributed by atoms with Crippen LogP contribution in [0, 0.1) is 0 Å². The van der Waals surface area contributed by atoms with Crippen molar-refractivity contribution in [1.82, 2.24) is 10.3 Å². The Morgan fingerprint density at radius 1 is 1.53 bits per heavy atom. The highest BCUT2D eigenvalue weighted by molar-refractivity contribution is 6.29. The van der Waals surface area contributed by atoms with Gasteiger partial charge in [-0.1, -0.05) is 38.4 Å². The Kier molecular flexibility index (Phi) is 4.29. The maximum atomic E-state index is 11.8. The predicted molar refractivity (Wildman–Crippen MR) is 70.5 cm³/mol. The number of carbonyl (C=O) groups is 1. The van der Waals surface area contributed by atoms with Crippen molar-refractivity contribution in [3.63, 3.8) is 0 Å². The molecule has 17 heavy (non-hydrogen) atoms. The summed E-state index contributed by atoms with van der Waals surface area (Å²) in [5, 5.41) is 3.05. The first-order valence-electron chi connectivity index (χ1n) is 5.42. The smallest absolute Gasteiger partial charge is 0.251 e. The lowest BCUT2D eigenvalue weighted by Crippen LogP contribution is -2.24. The van der Waals surface area contributed by atoms with Crippen molar-refractivity contribution in [3.05, 3.63) is 41.2 Å². The molecule has 0 unspecified atom stereocenters. The average Bonchev–Trinajstić information content (AvgIpc) is 2.23. The van der Waals surface area contributed by atoms with Gasteiger partial charge in [0.1, 0.15) is 5.15 Å². The minimum absolute atomic E-state index is 0.141. The molecule has 0 saturated carbocycles. The van der Waals surface area contributed by atoms with E-state index in [2.05, 4.69) is 16.9 Å². The van der Waals surface area contributed by atoms with Crippen LogP contribution in [0.4, 0.5) is 0 Å². The Hall–Kier alpha value is -1.35. The van der Waals surface area contributed by atoms with E-state index < -0.39 is 0 Å². The molecule has 0 fully saturated rings. The third kappa shape index (κ3) is 3.86. The molecule has 1 rings (SSSR count). The number of hydrogen-bond acceptors (Lipinski definition) is 2. The average molecular weight is 253 g/mol. The molecule has 0 saturated heterocycles. The highest BCUT2D eigenvalue weighted by Gasteiger charge is 2.18. The zero-order chi connectivity index (χ0) is 13.1. The maximum absolute atomic E-state index is 11.8. The summed E-state index contributed by atoms with van der Waals surface area (Å²) < 4.78 is 0. The summed E-state index contributed by atoms with van der Waals surface area (Å²) in [7, 11) is 0. The van der Waals surface area contributed by atoms with Gasteiger partial charge in [0.05, 0.1) is 0 Å². The van der Waals surface area contributed by atoms with Crippen LogP contribution in [0.25, 0.3) is 0 Å². The van der Waals surface area contributed by atoms with Crippen molar-refractivity contribution in [1.29, 1.82) is 0 Å². The van der Waals surface area contributed by atoms with Crippen LogP contribution in [-0.4, -0.2) is 17.4 Å². The lowest BCUT2D eigenvalue weighted by molar-refractivity contribution is 0.0957. The summed E-state index contributed by atoms with van der Waals surface area (Å²) in [5.41, 5.74) is 1.18. The van der Waals surface area contributed by atoms with E-state index in [4.69, 9.17) is 11.6 Å². The molecule has 0 spiro atoms. The SMILES string of the molecule is C=CCNC(=O)c1cc(Cl)nc(C(C)(C)C)c1. The van der Waals surface area contributed by atoms with E-state index in [0.717, 1.165) is 5.69 Å². The number of nitrogens with zero attached hydrogens (tertiary/aromatic N) is 1. The zero-order valence-corrected chi connectivity index (χ0v) is 11.1.